The van der Waals surface area contributed by atoms with E-state index in [9.17, 15) is 13.2 Å². The summed E-state index contributed by atoms with van der Waals surface area (Å²) in [7, 11) is -3.01. The van der Waals surface area contributed by atoms with E-state index in [4.69, 9.17) is 0 Å². The molecule has 1 amide bonds. The Morgan fingerprint density at radius 2 is 2.04 bits per heavy atom. The van der Waals surface area contributed by atoms with Gasteiger partial charge in [-0.2, -0.15) is 0 Å². The first-order chi connectivity index (χ1) is 11.9. The molecule has 1 saturated heterocycles. The number of aromatic nitrogens is 3. The lowest BCUT2D eigenvalue weighted by Crippen LogP contribution is -2.44. The van der Waals surface area contributed by atoms with Gasteiger partial charge in [0.15, 0.2) is 15.0 Å². The second kappa shape index (κ2) is 7.26. The van der Waals surface area contributed by atoms with Crippen molar-refractivity contribution in [2.45, 2.75) is 68.9 Å². The molecule has 0 aromatic carbocycles. The van der Waals surface area contributed by atoms with Crippen molar-refractivity contribution in [3.8, 4) is 0 Å². The summed E-state index contributed by atoms with van der Waals surface area (Å²) in [5.41, 5.74) is 0. The van der Waals surface area contributed by atoms with Gasteiger partial charge in [-0.25, -0.2) is 8.42 Å². The van der Waals surface area contributed by atoms with Gasteiger partial charge in [0, 0.05) is 25.0 Å². The SMILES string of the molecule is CCN(C(=O)[C@H](C)Sc1nnc(C2CC2)n1CC)[C@@H]1CCS(=O)(=O)C1. The second-order valence-electron chi connectivity index (χ2n) is 6.80. The smallest absolute Gasteiger partial charge is 0.236 e. The van der Waals surface area contributed by atoms with Crippen molar-refractivity contribution in [1.29, 1.82) is 0 Å². The third-order valence-corrected chi connectivity index (χ3v) is 7.73. The van der Waals surface area contributed by atoms with Crippen LogP contribution in [0.4, 0.5) is 0 Å². The number of nitrogens with zero attached hydrogens (tertiary/aromatic N) is 4. The molecular weight excluding hydrogens is 360 g/mol. The predicted octanol–water partition coefficient (Wildman–Crippen LogP) is 1.69. The van der Waals surface area contributed by atoms with Gasteiger partial charge in [0.1, 0.15) is 5.82 Å². The van der Waals surface area contributed by atoms with Gasteiger partial charge in [-0.05, 0) is 40.0 Å². The van der Waals surface area contributed by atoms with Crippen molar-refractivity contribution >= 4 is 27.5 Å². The van der Waals surface area contributed by atoms with Crippen molar-refractivity contribution in [2.75, 3.05) is 18.1 Å². The van der Waals surface area contributed by atoms with Crippen molar-refractivity contribution < 1.29 is 13.2 Å². The van der Waals surface area contributed by atoms with Crippen molar-refractivity contribution in [2.24, 2.45) is 0 Å². The quantitative estimate of drug-likeness (QED) is 0.663. The Bertz CT molecular complexity index is 743. The lowest BCUT2D eigenvalue weighted by molar-refractivity contribution is -0.131. The average molecular weight is 387 g/mol. The third-order valence-electron chi connectivity index (χ3n) is 4.91. The van der Waals surface area contributed by atoms with Crippen LogP contribution in [0, 0.1) is 0 Å². The van der Waals surface area contributed by atoms with Crippen LogP contribution in [-0.2, 0) is 21.2 Å². The fraction of sp³-hybridized carbons (Fsp3) is 0.812. The summed E-state index contributed by atoms with van der Waals surface area (Å²) >= 11 is 1.42. The van der Waals surface area contributed by atoms with Gasteiger partial charge in [0.25, 0.3) is 0 Å². The molecule has 0 N–H and O–H groups in total. The number of carbonyl (C=O) groups excluding carboxylic acids is 1. The van der Waals surface area contributed by atoms with Crippen LogP contribution in [0.3, 0.4) is 0 Å². The average Bonchev–Trinajstić information content (AvgIpc) is 3.24. The fourth-order valence-electron chi connectivity index (χ4n) is 3.39. The molecule has 0 radical (unpaired) electrons. The molecule has 2 heterocycles. The van der Waals surface area contributed by atoms with Crippen LogP contribution in [0.5, 0.6) is 0 Å². The number of thioether (sulfide) groups is 1. The number of sulfone groups is 1. The molecule has 1 saturated carbocycles. The molecule has 2 aliphatic rings. The summed E-state index contributed by atoms with van der Waals surface area (Å²) in [4.78, 5) is 14.6. The summed E-state index contributed by atoms with van der Waals surface area (Å²) in [6.45, 7) is 7.15. The topological polar surface area (TPSA) is 85.2 Å². The molecule has 1 aromatic heterocycles. The Labute approximate surface area is 153 Å². The first-order valence-corrected chi connectivity index (χ1v) is 11.7. The van der Waals surface area contributed by atoms with Gasteiger partial charge < -0.3 is 9.47 Å². The molecule has 140 valence electrons. The standard InChI is InChI=1S/C16H26N4O3S2/c1-4-19(13-8-9-25(22,23)10-13)15(21)11(3)24-16-18-17-14(12-6-7-12)20(16)5-2/h11-13H,4-10H2,1-3H3/t11-,13+/m0/s1. The Morgan fingerprint density at radius 1 is 1.32 bits per heavy atom. The van der Waals surface area contributed by atoms with E-state index in [1.807, 2.05) is 13.8 Å². The molecule has 3 rings (SSSR count). The molecule has 2 fully saturated rings. The van der Waals surface area contributed by atoms with E-state index >= 15 is 0 Å². The Kier molecular flexibility index (Phi) is 5.43. The molecule has 25 heavy (non-hydrogen) atoms. The van der Waals surface area contributed by atoms with Crippen LogP contribution < -0.4 is 0 Å². The zero-order chi connectivity index (χ0) is 18.2. The van der Waals surface area contributed by atoms with E-state index in [1.165, 1.54) is 11.8 Å². The van der Waals surface area contributed by atoms with Gasteiger partial charge in [-0.1, -0.05) is 11.8 Å². The minimum absolute atomic E-state index is 0.0202. The molecule has 0 bridgehead atoms. The largest absolute Gasteiger partial charge is 0.338 e. The highest BCUT2D eigenvalue weighted by molar-refractivity contribution is 8.00. The van der Waals surface area contributed by atoms with E-state index in [0.29, 0.717) is 18.9 Å². The minimum Gasteiger partial charge on any atom is -0.338 e. The van der Waals surface area contributed by atoms with Gasteiger partial charge >= 0.3 is 0 Å². The molecule has 0 unspecified atom stereocenters. The summed E-state index contributed by atoms with van der Waals surface area (Å²) in [5, 5.41) is 9.06. The maximum absolute atomic E-state index is 12.9. The summed E-state index contributed by atoms with van der Waals surface area (Å²) in [6.07, 6.45) is 2.87. The van der Waals surface area contributed by atoms with Crippen molar-refractivity contribution in [1.82, 2.24) is 19.7 Å². The molecular formula is C16H26N4O3S2. The summed E-state index contributed by atoms with van der Waals surface area (Å²) in [6, 6.07) is -0.198. The maximum Gasteiger partial charge on any atom is 0.236 e. The molecule has 1 aromatic rings. The summed E-state index contributed by atoms with van der Waals surface area (Å²) in [5.74, 6) is 1.79. The van der Waals surface area contributed by atoms with Crippen molar-refractivity contribution in [3.63, 3.8) is 0 Å². The van der Waals surface area contributed by atoms with E-state index in [1.54, 1.807) is 4.90 Å². The Hall–Kier alpha value is -1.09. The number of amides is 1. The number of rotatable bonds is 7. The van der Waals surface area contributed by atoms with Gasteiger partial charge in [0.2, 0.25) is 5.91 Å². The van der Waals surface area contributed by atoms with E-state index in [2.05, 4.69) is 21.7 Å². The number of carbonyl (C=O) groups is 1. The number of hydrogen-bond acceptors (Lipinski definition) is 6. The maximum atomic E-state index is 12.9. The normalized spacial score (nSPS) is 23.6. The van der Waals surface area contributed by atoms with E-state index < -0.39 is 9.84 Å². The zero-order valence-electron chi connectivity index (χ0n) is 15.0. The minimum atomic E-state index is -3.01. The predicted molar refractivity (Wildman–Crippen MR) is 97.4 cm³/mol. The molecule has 1 aliphatic carbocycles. The van der Waals surface area contributed by atoms with Gasteiger partial charge in [0.05, 0.1) is 16.8 Å². The number of hydrogen-bond donors (Lipinski definition) is 0. The van der Waals surface area contributed by atoms with Crippen LogP contribution in [0.1, 0.15) is 51.8 Å². The highest BCUT2D eigenvalue weighted by Gasteiger charge is 2.36. The van der Waals surface area contributed by atoms with E-state index in [0.717, 1.165) is 30.4 Å². The molecule has 2 atom stereocenters. The van der Waals surface area contributed by atoms with Crippen molar-refractivity contribution in [3.05, 3.63) is 5.82 Å². The highest BCUT2D eigenvalue weighted by atomic mass is 32.2. The van der Waals surface area contributed by atoms with E-state index in [-0.39, 0.29) is 28.7 Å². The lowest BCUT2D eigenvalue weighted by Gasteiger charge is -2.29. The Balaban J connectivity index is 1.69. The monoisotopic (exact) mass is 386 g/mol. The fourth-order valence-corrected chi connectivity index (χ4v) is 6.11. The zero-order valence-corrected chi connectivity index (χ0v) is 16.6. The molecule has 1 aliphatic heterocycles. The molecule has 9 heteroatoms. The van der Waals surface area contributed by atoms with Crippen LogP contribution in [0.2, 0.25) is 0 Å². The second-order valence-corrected chi connectivity index (χ2v) is 10.3. The molecule has 7 nitrogen and oxygen atoms in total. The van der Waals surface area contributed by atoms with Gasteiger partial charge in [-0.15, -0.1) is 10.2 Å². The first kappa shape index (κ1) is 18.7. The third kappa shape index (κ3) is 4.02. The highest BCUT2D eigenvalue weighted by Crippen LogP contribution is 2.40. The molecule has 0 spiro atoms. The Morgan fingerprint density at radius 3 is 2.56 bits per heavy atom. The van der Waals surface area contributed by atoms with Crippen LogP contribution in [0.25, 0.3) is 0 Å². The summed E-state index contributed by atoms with van der Waals surface area (Å²) < 4.78 is 25.6. The lowest BCUT2D eigenvalue weighted by atomic mass is 10.2. The van der Waals surface area contributed by atoms with Crippen LogP contribution in [0.15, 0.2) is 5.16 Å². The van der Waals surface area contributed by atoms with Crippen LogP contribution >= 0.6 is 11.8 Å². The first-order valence-electron chi connectivity index (χ1n) is 8.97. The van der Waals surface area contributed by atoms with Crippen LogP contribution in [-0.4, -0.2) is 63.3 Å². The van der Waals surface area contributed by atoms with Gasteiger partial charge in [-0.3, -0.25) is 4.79 Å².